The molecule has 0 amide bonds. The summed E-state index contributed by atoms with van der Waals surface area (Å²) >= 11 is 0. The van der Waals surface area contributed by atoms with Crippen molar-refractivity contribution in [1.82, 2.24) is 0 Å². The first-order valence-corrected chi connectivity index (χ1v) is 8.12. The number of phenolic OH excluding ortho intramolecular Hbond substituents is 1. The van der Waals surface area contributed by atoms with Gasteiger partial charge in [-0.05, 0) is 42.5 Å². The Morgan fingerprint density at radius 2 is 1.54 bits per heavy atom. The first kappa shape index (κ1) is 14.8. The van der Waals surface area contributed by atoms with Crippen LogP contribution < -0.4 is 0 Å². The van der Waals surface area contributed by atoms with Gasteiger partial charge in [0.15, 0.2) is 17.3 Å². The number of hydrogen-bond acceptors (Lipinski definition) is 4. The van der Waals surface area contributed by atoms with Crippen molar-refractivity contribution < 1.29 is 19.5 Å². The lowest BCUT2D eigenvalue weighted by Gasteiger charge is -2.20. The number of aromatic hydroxyl groups is 1. The number of phenols is 1. The predicted molar refractivity (Wildman–Crippen MR) is 87.7 cm³/mol. The summed E-state index contributed by atoms with van der Waals surface area (Å²) in [5, 5.41) is 10.3. The summed E-state index contributed by atoms with van der Waals surface area (Å²) in [6.45, 7) is 0. The van der Waals surface area contributed by atoms with E-state index in [9.17, 15) is 19.5 Å². The molecule has 4 rings (SSSR count). The number of carbonyl (C=O) groups is 3. The van der Waals surface area contributed by atoms with Gasteiger partial charge in [0, 0.05) is 23.1 Å². The van der Waals surface area contributed by atoms with Crippen LogP contribution in [0.25, 0.3) is 0 Å². The maximum absolute atomic E-state index is 12.6. The summed E-state index contributed by atoms with van der Waals surface area (Å²) in [5.74, 6) is -1.09. The van der Waals surface area contributed by atoms with Crippen molar-refractivity contribution in [3.8, 4) is 5.75 Å². The highest BCUT2D eigenvalue weighted by Crippen LogP contribution is 2.36. The minimum atomic E-state index is -0.808. The molecule has 0 unspecified atom stereocenters. The Balaban J connectivity index is 1.75. The van der Waals surface area contributed by atoms with Gasteiger partial charge in [0.1, 0.15) is 5.75 Å². The SMILES string of the molecule is O=C1CCCc2c1ccc(O)c2CC1C(=O)c2ccccc2C1=O. The Morgan fingerprint density at radius 3 is 2.21 bits per heavy atom. The van der Waals surface area contributed by atoms with Crippen LogP contribution >= 0.6 is 0 Å². The van der Waals surface area contributed by atoms with Crippen molar-refractivity contribution in [1.29, 1.82) is 0 Å². The Labute approximate surface area is 139 Å². The van der Waals surface area contributed by atoms with Gasteiger partial charge in [-0.1, -0.05) is 24.3 Å². The second-order valence-corrected chi connectivity index (χ2v) is 6.40. The average molecular weight is 320 g/mol. The van der Waals surface area contributed by atoms with Crippen LogP contribution in [0.1, 0.15) is 55.0 Å². The van der Waals surface area contributed by atoms with E-state index < -0.39 is 5.92 Å². The molecule has 120 valence electrons. The van der Waals surface area contributed by atoms with Gasteiger partial charge in [0.05, 0.1) is 5.92 Å². The smallest absolute Gasteiger partial charge is 0.174 e. The zero-order chi connectivity index (χ0) is 16.8. The van der Waals surface area contributed by atoms with E-state index in [4.69, 9.17) is 0 Å². The van der Waals surface area contributed by atoms with E-state index in [-0.39, 0.29) is 29.5 Å². The highest BCUT2D eigenvalue weighted by molar-refractivity contribution is 6.26. The maximum atomic E-state index is 12.6. The first-order chi connectivity index (χ1) is 11.6. The molecule has 2 aromatic carbocycles. The van der Waals surface area contributed by atoms with Gasteiger partial charge < -0.3 is 5.11 Å². The monoisotopic (exact) mass is 320 g/mol. The number of rotatable bonds is 2. The van der Waals surface area contributed by atoms with Gasteiger partial charge in [-0.15, -0.1) is 0 Å². The molecule has 0 atom stereocenters. The molecule has 4 nitrogen and oxygen atoms in total. The lowest BCUT2D eigenvalue weighted by atomic mass is 9.83. The van der Waals surface area contributed by atoms with Crippen LogP contribution in [0.2, 0.25) is 0 Å². The molecule has 0 aliphatic heterocycles. The Hall–Kier alpha value is -2.75. The van der Waals surface area contributed by atoms with Gasteiger partial charge >= 0.3 is 0 Å². The fraction of sp³-hybridized carbons (Fsp3) is 0.250. The van der Waals surface area contributed by atoms with Crippen molar-refractivity contribution >= 4 is 17.3 Å². The number of ketones is 3. The zero-order valence-electron chi connectivity index (χ0n) is 13.0. The topological polar surface area (TPSA) is 71.4 Å². The van der Waals surface area contributed by atoms with Crippen molar-refractivity contribution in [3.05, 3.63) is 64.2 Å². The molecule has 4 heteroatoms. The van der Waals surface area contributed by atoms with Crippen molar-refractivity contribution in [2.24, 2.45) is 5.92 Å². The maximum Gasteiger partial charge on any atom is 0.174 e. The van der Waals surface area contributed by atoms with Crippen LogP contribution in [0, 0.1) is 5.92 Å². The second-order valence-electron chi connectivity index (χ2n) is 6.40. The van der Waals surface area contributed by atoms with Crippen LogP contribution in [-0.4, -0.2) is 22.5 Å². The molecule has 0 aromatic heterocycles. The third kappa shape index (κ3) is 2.10. The van der Waals surface area contributed by atoms with Gasteiger partial charge in [-0.25, -0.2) is 0 Å². The summed E-state index contributed by atoms with van der Waals surface area (Å²) < 4.78 is 0. The van der Waals surface area contributed by atoms with Crippen molar-refractivity contribution in [2.75, 3.05) is 0 Å². The minimum absolute atomic E-state index is 0.0556. The minimum Gasteiger partial charge on any atom is -0.508 e. The highest BCUT2D eigenvalue weighted by Gasteiger charge is 2.39. The first-order valence-electron chi connectivity index (χ1n) is 8.12. The number of carbonyl (C=O) groups excluding carboxylic acids is 3. The molecule has 2 aliphatic carbocycles. The molecule has 1 N–H and O–H groups in total. The number of fused-ring (bicyclic) bond motifs is 2. The van der Waals surface area contributed by atoms with E-state index in [0.29, 0.717) is 35.1 Å². The molecule has 0 radical (unpaired) electrons. The van der Waals surface area contributed by atoms with Gasteiger partial charge in [-0.3, -0.25) is 14.4 Å². The average Bonchev–Trinajstić information content (AvgIpc) is 2.83. The molecule has 2 aliphatic rings. The van der Waals surface area contributed by atoms with E-state index in [1.807, 2.05) is 0 Å². The van der Waals surface area contributed by atoms with E-state index in [1.165, 1.54) is 6.07 Å². The number of hydrogen-bond donors (Lipinski definition) is 1. The molecule has 0 spiro atoms. The summed E-state index contributed by atoms with van der Waals surface area (Å²) in [6, 6.07) is 9.95. The molecule has 0 bridgehead atoms. The molecule has 0 heterocycles. The van der Waals surface area contributed by atoms with E-state index in [1.54, 1.807) is 30.3 Å². The quantitative estimate of drug-likeness (QED) is 0.863. The van der Waals surface area contributed by atoms with Gasteiger partial charge in [-0.2, -0.15) is 0 Å². The van der Waals surface area contributed by atoms with Crippen LogP contribution in [0.5, 0.6) is 5.75 Å². The molecular formula is C20H16O4. The van der Waals surface area contributed by atoms with Crippen LogP contribution in [0.15, 0.2) is 36.4 Å². The Kier molecular flexibility index (Phi) is 3.34. The number of benzene rings is 2. The lowest BCUT2D eigenvalue weighted by molar-refractivity contribution is 0.0837. The highest BCUT2D eigenvalue weighted by atomic mass is 16.3. The molecule has 2 aromatic rings. The molecule has 24 heavy (non-hydrogen) atoms. The molecule has 0 fully saturated rings. The number of Topliss-reactive ketones (excluding diaryl/α,β-unsaturated/α-hetero) is 3. The van der Waals surface area contributed by atoms with E-state index >= 15 is 0 Å². The lowest BCUT2D eigenvalue weighted by Crippen LogP contribution is -2.21. The fourth-order valence-electron chi connectivity index (χ4n) is 3.81. The normalized spacial score (nSPS) is 17.1. The van der Waals surface area contributed by atoms with Crippen LogP contribution in [0.3, 0.4) is 0 Å². The third-order valence-corrected chi connectivity index (χ3v) is 5.04. The van der Waals surface area contributed by atoms with Crippen LogP contribution in [0.4, 0.5) is 0 Å². The predicted octanol–water partition coefficient (Wildman–Crippen LogP) is 3.15. The molecule has 0 saturated heterocycles. The Morgan fingerprint density at radius 1 is 0.875 bits per heavy atom. The van der Waals surface area contributed by atoms with Crippen molar-refractivity contribution in [3.63, 3.8) is 0 Å². The summed E-state index contributed by atoms with van der Waals surface area (Å²) in [7, 11) is 0. The Bertz CT molecular complexity index is 860. The second kappa shape index (κ2) is 5.41. The largest absolute Gasteiger partial charge is 0.508 e. The standard InChI is InChI=1S/C20H16O4/c21-17-7-3-6-11-12(17)8-9-18(22)15(11)10-16-19(23)13-4-1-2-5-14(13)20(16)24/h1-2,4-5,8-9,16,22H,3,6-7,10H2. The summed E-state index contributed by atoms with van der Waals surface area (Å²) in [5.41, 5.74) is 2.88. The zero-order valence-corrected chi connectivity index (χ0v) is 13.0. The third-order valence-electron chi connectivity index (χ3n) is 5.04. The molecular weight excluding hydrogens is 304 g/mol. The van der Waals surface area contributed by atoms with Gasteiger partial charge in [0.25, 0.3) is 0 Å². The van der Waals surface area contributed by atoms with Gasteiger partial charge in [0.2, 0.25) is 0 Å². The summed E-state index contributed by atoms with van der Waals surface area (Å²) in [6.07, 6.45) is 2.07. The van der Waals surface area contributed by atoms with E-state index in [2.05, 4.69) is 0 Å². The summed E-state index contributed by atoms with van der Waals surface area (Å²) in [4.78, 5) is 37.2. The van der Waals surface area contributed by atoms with E-state index in [0.717, 1.165) is 12.0 Å². The fourth-order valence-corrected chi connectivity index (χ4v) is 3.81. The van der Waals surface area contributed by atoms with Crippen molar-refractivity contribution in [2.45, 2.75) is 25.7 Å². The van der Waals surface area contributed by atoms with Crippen LogP contribution in [-0.2, 0) is 12.8 Å². The molecule has 0 saturated carbocycles.